The van der Waals surface area contributed by atoms with Crippen LogP contribution in [0.25, 0.3) is 0 Å². The smallest absolute Gasteiger partial charge is 0.348 e. The molecule has 1 aromatic heterocycles. The van der Waals surface area contributed by atoms with E-state index < -0.39 is 17.9 Å². The third kappa shape index (κ3) is 2.40. The van der Waals surface area contributed by atoms with Crippen molar-refractivity contribution in [3.63, 3.8) is 0 Å². The van der Waals surface area contributed by atoms with E-state index >= 15 is 0 Å². The highest BCUT2D eigenvalue weighted by Crippen LogP contribution is 2.26. The minimum absolute atomic E-state index is 0.0907. The third-order valence-corrected chi connectivity index (χ3v) is 3.07. The van der Waals surface area contributed by atoms with E-state index in [1.165, 1.54) is 25.6 Å². The van der Waals surface area contributed by atoms with Crippen molar-refractivity contribution in [3.8, 4) is 0 Å². The second-order valence-electron chi connectivity index (χ2n) is 3.01. The van der Waals surface area contributed by atoms with Gasteiger partial charge in [-0.1, -0.05) is 0 Å². The Morgan fingerprint density at radius 2 is 2.12 bits per heavy atom. The molecule has 1 heterocycles. The molecule has 0 aromatic carbocycles. The summed E-state index contributed by atoms with van der Waals surface area (Å²) in [6.45, 7) is 0.0907. The van der Waals surface area contributed by atoms with Gasteiger partial charge in [-0.25, -0.2) is 4.79 Å². The van der Waals surface area contributed by atoms with Crippen molar-refractivity contribution >= 4 is 23.3 Å². The molecule has 0 spiro atoms. The first kappa shape index (κ1) is 12.7. The average Bonchev–Trinajstić information content (AvgIpc) is 2.77. The van der Waals surface area contributed by atoms with Crippen LogP contribution in [0, 0.1) is 0 Å². The van der Waals surface area contributed by atoms with Crippen LogP contribution in [0.5, 0.6) is 0 Å². The summed E-state index contributed by atoms with van der Waals surface area (Å²) >= 11 is 1.22. The van der Waals surface area contributed by atoms with Crippen LogP contribution in [0.1, 0.15) is 21.2 Å². The fourth-order valence-electron chi connectivity index (χ4n) is 1.34. The molecule has 2 N–H and O–H groups in total. The van der Waals surface area contributed by atoms with Gasteiger partial charge in [-0.15, -0.1) is 11.3 Å². The van der Waals surface area contributed by atoms with Crippen molar-refractivity contribution in [1.29, 1.82) is 0 Å². The Labute approximate surface area is 97.2 Å². The van der Waals surface area contributed by atoms with Gasteiger partial charge in [0.2, 0.25) is 0 Å². The number of ether oxygens (including phenoxy) is 2. The third-order valence-electron chi connectivity index (χ3n) is 2.16. The minimum atomic E-state index is -0.620. The zero-order valence-corrected chi connectivity index (χ0v) is 9.87. The second kappa shape index (κ2) is 5.62. The summed E-state index contributed by atoms with van der Waals surface area (Å²) in [5, 5.41) is 1.72. The molecule has 0 saturated heterocycles. The standard InChI is InChI=1S/C10H13NO4S/c1-14-9(12)7(5-11)6-3-4-16-8(6)10(13)15-2/h3-4,7H,5,11H2,1-2H3. The van der Waals surface area contributed by atoms with Gasteiger partial charge in [0.25, 0.3) is 0 Å². The molecule has 16 heavy (non-hydrogen) atoms. The van der Waals surface area contributed by atoms with Gasteiger partial charge >= 0.3 is 11.9 Å². The molecule has 0 aliphatic carbocycles. The van der Waals surface area contributed by atoms with Gasteiger partial charge in [-0.05, 0) is 17.0 Å². The number of nitrogens with two attached hydrogens (primary N) is 1. The average molecular weight is 243 g/mol. The van der Waals surface area contributed by atoms with E-state index in [0.717, 1.165) is 0 Å². The Kier molecular flexibility index (Phi) is 4.45. The molecule has 1 aromatic rings. The topological polar surface area (TPSA) is 78.6 Å². The van der Waals surface area contributed by atoms with Gasteiger partial charge in [0.15, 0.2) is 0 Å². The number of methoxy groups -OCH3 is 2. The van der Waals surface area contributed by atoms with Gasteiger partial charge in [0.05, 0.1) is 20.1 Å². The Morgan fingerprint density at radius 1 is 1.44 bits per heavy atom. The van der Waals surface area contributed by atoms with Gasteiger partial charge in [0.1, 0.15) is 4.88 Å². The molecule has 1 rings (SSSR count). The summed E-state index contributed by atoms with van der Waals surface area (Å²) in [6.07, 6.45) is 0. The van der Waals surface area contributed by atoms with Crippen LogP contribution in [0.3, 0.4) is 0 Å². The summed E-state index contributed by atoms with van der Waals surface area (Å²) in [5.41, 5.74) is 6.06. The molecule has 0 aliphatic rings. The summed E-state index contributed by atoms with van der Waals surface area (Å²) in [7, 11) is 2.58. The van der Waals surface area contributed by atoms with E-state index in [0.29, 0.717) is 10.4 Å². The highest BCUT2D eigenvalue weighted by molar-refractivity contribution is 7.12. The van der Waals surface area contributed by atoms with E-state index in [1.807, 2.05) is 0 Å². The second-order valence-corrected chi connectivity index (χ2v) is 3.92. The van der Waals surface area contributed by atoms with E-state index in [9.17, 15) is 9.59 Å². The molecule has 1 atom stereocenters. The number of carbonyl (C=O) groups is 2. The Hall–Kier alpha value is -1.40. The molecule has 6 heteroatoms. The molecular formula is C10H13NO4S. The highest BCUT2D eigenvalue weighted by Gasteiger charge is 2.26. The predicted octanol–water partition coefficient (Wildman–Crippen LogP) is 0.750. The van der Waals surface area contributed by atoms with Crippen LogP contribution in [-0.4, -0.2) is 32.7 Å². The molecule has 88 valence electrons. The number of carbonyl (C=O) groups excluding carboxylic acids is 2. The first-order valence-electron chi connectivity index (χ1n) is 4.59. The van der Waals surface area contributed by atoms with Crippen molar-refractivity contribution in [2.24, 2.45) is 5.73 Å². The van der Waals surface area contributed by atoms with Crippen LogP contribution in [0.4, 0.5) is 0 Å². The zero-order valence-electron chi connectivity index (χ0n) is 9.06. The maximum Gasteiger partial charge on any atom is 0.348 e. The molecule has 0 amide bonds. The van der Waals surface area contributed by atoms with Crippen molar-refractivity contribution < 1.29 is 19.1 Å². The lowest BCUT2D eigenvalue weighted by atomic mass is 10.0. The zero-order chi connectivity index (χ0) is 12.1. The Balaban J connectivity index is 3.06. The van der Waals surface area contributed by atoms with Crippen LogP contribution in [-0.2, 0) is 14.3 Å². The number of hydrogen-bond acceptors (Lipinski definition) is 6. The number of rotatable bonds is 4. The summed E-state index contributed by atoms with van der Waals surface area (Å²) < 4.78 is 9.25. The number of thiophene rings is 1. The van der Waals surface area contributed by atoms with Crippen LogP contribution in [0.15, 0.2) is 11.4 Å². The predicted molar refractivity (Wildman–Crippen MR) is 59.5 cm³/mol. The maximum atomic E-state index is 11.5. The Morgan fingerprint density at radius 3 is 2.62 bits per heavy atom. The van der Waals surface area contributed by atoms with E-state index in [-0.39, 0.29) is 6.54 Å². The van der Waals surface area contributed by atoms with Crippen LogP contribution in [0.2, 0.25) is 0 Å². The van der Waals surface area contributed by atoms with Gasteiger partial charge in [-0.2, -0.15) is 0 Å². The van der Waals surface area contributed by atoms with Crippen molar-refractivity contribution in [1.82, 2.24) is 0 Å². The molecule has 1 unspecified atom stereocenters. The van der Waals surface area contributed by atoms with Crippen LogP contribution >= 0.6 is 11.3 Å². The lowest BCUT2D eigenvalue weighted by Crippen LogP contribution is -2.24. The van der Waals surface area contributed by atoms with Crippen molar-refractivity contribution in [2.75, 3.05) is 20.8 Å². The summed E-state index contributed by atoms with van der Waals surface area (Å²) in [5.74, 6) is -1.54. The first-order valence-corrected chi connectivity index (χ1v) is 5.47. The van der Waals surface area contributed by atoms with E-state index in [1.54, 1.807) is 11.4 Å². The normalized spacial score (nSPS) is 11.9. The minimum Gasteiger partial charge on any atom is -0.469 e. The number of hydrogen-bond donors (Lipinski definition) is 1. The van der Waals surface area contributed by atoms with E-state index in [4.69, 9.17) is 5.73 Å². The van der Waals surface area contributed by atoms with Gasteiger partial charge in [-0.3, -0.25) is 4.79 Å². The highest BCUT2D eigenvalue weighted by atomic mass is 32.1. The molecule has 0 bridgehead atoms. The Bertz CT molecular complexity index is 388. The van der Waals surface area contributed by atoms with Crippen molar-refractivity contribution in [3.05, 3.63) is 21.9 Å². The lowest BCUT2D eigenvalue weighted by molar-refractivity contribution is -0.142. The summed E-state index contributed by atoms with van der Waals surface area (Å²) in [6, 6.07) is 1.69. The fourth-order valence-corrected chi connectivity index (χ4v) is 2.22. The molecule has 5 nitrogen and oxygen atoms in total. The SMILES string of the molecule is COC(=O)c1sccc1C(CN)C(=O)OC. The number of esters is 2. The molecule has 0 radical (unpaired) electrons. The van der Waals surface area contributed by atoms with Crippen LogP contribution < -0.4 is 5.73 Å². The summed E-state index contributed by atoms with van der Waals surface area (Å²) in [4.78, 5) is 23.3. The molecular weight excluding hydrogens is 230 g/mol. The van der Waals surface area contributed by atoms with Gasteiger partial charge < -0.3 is 15.2 Å². The van der Waals surface area contributed by atoms with E-state index in [2.05, 4.69) is 9.47 Å². The molecule has 0 fully saturated rings. The molecule has 0 aliphatic heterocycles. The quantitative estimate of drug-likeness (QED) is 0.789. The fraction of sp³-hybridized carbons (Fsp3) is 0.400. The first-order chi connectivity index (χ1) is 7.65. The monoisotopic (exact) mass is 243 g/mol. The lowest BCUT2D eigenvalue weighted by Gasteiger charge is -2.12. The van der Waals surface area contributed by atoms with Crippen molar-refractivity contribution in [2.45, 2.75) is 5.92 Å². The largest absolute Gasteiger partial charge is 0.469 e. The maximum absolute atomic E-state index is 11.5. The molecule has 0 saturated carbocycles. The van der Waals surface area contributed by atoms with Gasteiger partial charge in [0, 0.05) is 6.54 Å².